The van der Waals surface area contributed by atoms with Crippen molar-refractivity contribution in [3.63, 3.8) is 0 Å². The Morgan fingerprint density at radius 2 is 2.00 bits per heavy atom. The average Bonchev–Trinajstić information content (AvgIpc) is 3.29. The van der Waals surface area contributed by atoms with Crippen molar-refractivity contribution in [2.45, 2.75) is 52.1 Å². The lowest BCUT2D eigenvalue weighted by Crippen LogP contribution is -2.45. The monoisotopic (exact) mass is 403 g/mol. The Labute approximate surface area is 170 Å². The highest BCUT2D eigenvalue weighted by molar-refractivity contribution is 7.18. The second-order valence-electron chi connectivity index (χ2n) is 7.83. The fourth-order valence-electron chi connectivity index (χ4n) is 4.19. The van der Waals surface area contributed by atoms with Gasteiger partial charge in [0.15, 0.2) is 0 Å². The summed E-state index contributed by atoms with van der Waals surface area (Å²) in [6, 6.07) is 0.171. The number of ether oxygens (including phenoxy) is 1. The van der Waals surface area contributed by atoms with Gasteiger partial charge in [-0.1, -0.05) is 0 Å². The van der Waals surface area contributed by atoms with Gasteiger partial charge in [-0.2, -0.15) is 0 Å². The van der Waals surface area contributed by atoms with Crippen molar-refractivity contribution in [2.24, 2.45) is 0 Å². The number of carbonyl (C=O) groups is 1. The first-order chi connectivity index (χ1) is 13.5. The zero-order valence-corrected chi connectivity index (χ0v) is 17.8. The Morgan fingerprint density at radius 1 is 1.21 bits per heavy atom. The van der Waals surface area contributed by atoms with Gasteiger partial charge in [-0.25, -0.2) is 14.8 Å². The molecule has 2 fully saturated rings. The van der Waals surface area contributed by atoms with E-state index in [1.165, 1.54) is 30.4 Å². The molecule has 0 aromatic carbocycles. The van der Waals surface area contributed by atoms with E-state index in [1.54, 1.807) is 16.2 Å². The number of nitrogens with zero attached hydrogens (tertiary/aromatic N) is 4. The molecule has 28 heavy (non-hydrogen) atoms. The van der Waals surface area contributed by atoms with Crippen molar-refractivity contribution in [2.75, 3.05) is 38.6 Å². The van der Waals surface area contributed by atoms with Gasteiger partial charge < -0.3 is 15.0 Å². The van der Waals surface area contributed by atoms with E-state index in [4.69, 9.17) is 14.7 Å². The lowest BCUT2D eigenvalue weighted by molar-refractivity contribution is 0.113. The molecule has 2 saturated heterocycles. The van der Waals surface area contributed by atoms with E-state index in [0.29, 0.717) is 6.54 Å². The second kappa shape index (κ2) is 8.21. The lowest BCUT2D eigenvalue weighted by Gasteiger charge is -2.32. The summed E-state index contributed by atoms with van der Waals surface area (Å²) in [6.07, 6.45) is 4.24. The molecule has 4 heterocycles. The summed E-state index contributed by atoms with van der Waals surface area (Å²) in [5, 5.41) is 4.77. The molecule has 2 aromatic heterocycles. The normalized spacial score (nSPS) is 20.7. The molecular weight excluding hydrogens is 374 g/mol. The molecule has 1 N–H and O–H groups in total. The van der Waals surface area contributed by atoms with Crippen LogP contribution in [-0.4, -0.2) is 65.2 Å². The van der Waals surface area contributed by atoms with Crippen LogP contribution in [0.5, 0.6) is 0 Å². The number of piperidine rings is 1. The summed E-state index contributed by atoms with van der Waals surface area (Å²) < 4.78 is 4.90. The highest BCUT2D eigenvalue weighted by Gasteiger charge is 2.26. The highest BCUT2D eigenvalue weighted by atomic mass is 32.1. The van der Waals surface area contributed by atoms with Crippen LogP contribution in [-0.2, 0) is 11.3 Å². The number of aryl methyl sites for hydroxylation is 2. The predicted octanol–water partition coefficient (Wildman–Crippen LogP) is 3.55. The molecule has 4 rings (SSSR count). The number of nitrogens with one attached hydrogen (secondary N) is 1. The largest absolute Gasteiger partial charge is 0.453 e. The highest BCUT2D eigenvalue weighted by Crippen LogP contribution is 2.34. The molecule has 8 heteroatoms. The van der Waals surface area contributed by atoms with E-state index in [1.807, 2.05) is 0 Å². The Hall–Kier alpha value is -1.93. The second-order valence-corrected chi connectivity index (χ2v) is 9.04. The molecule has 0 radical (unpaired) electrons. The summed E-state index contributed by atoms with van der Waals surface area (Å²) in [4.78, 5) is 28.3. The number of aromatic nitrogens is 2. The lowest BCUT2D eigenvalue weighted by atomic mass is 10.1. The van der Waals surface area contributed by atoms with Crippen LogP contribution in [0.15, 0.2) is 0 Å². The van der Waals surface area contributed by atoms with Gasteiger partial charge in [0, 0.05) is 24.0 Å². The third-order valence-corrected chi connectivity index (χ3v) is 6.93. The number of fused-ring (bicyclic) bond motifs is 1. The third-order valence-electron chi connectivity index (χ3n) is 5.83. The summed E-state index contributed by atoms with van der Waals surface area (Å²) in [7, 11) is 1.44. The van der Waals surface area contributed by atoms with Crippen LogP contribution in [0.3, 0.4) is 0 Å². The van der Waals surface area contributed by atoms with Crippen molar-refractivity contribution in [3.05, 3.63) is 16.3 Å². The quantitative estimate of drug-likeness (QED) is 0.842. The van der Waals surface area contributed by atoms with Crippen LogP contribution >= 0.6 is 11.3 Å². The number of thiophene rings is 1. The van der Waals surface area contributed by atoms with E-state index in [0.717, 1.165) is 60.9 Å². The van der Waals surface area contributed by atoms with Crippen LogP contribution in [0.1, 0.15) is 41.9 Å². The first kappa shape index (κ1) is 19.4. The van der Waals surface area contributed by atoms with Crippen molar-refractivity contribution in [1.29, 1.82) is 0 Å². The molecule has 2 aliphatic rings. The number of carbonyl (C=O) groups excluding carboxylic acids is 1. The van der Waals surface area contributed by atoms with E-state index in [-0.39, 0.29) is 12.1 Å². The van der Waals surface area contributed by atoms with Crippen LogP contribution < -0.4 is 5.32 Å². The van der Waals surface area contributed by atoms with Crippen molar-refractivity contribution >= 4 is 33.5 Å². The molecule has 1 atom stereocenters. The molecule has 152 valence electrons. The van der Waals surface area contributed by atoms with Crippen LogP contribution in [0.4, 0.5) is 10.6 Å². The maximum absolute atomic E-state index is 11.9. The first-order valence-corrected chi connectivity index (χ1v) is 10.9. The Balaban J connectivity index is 1.61. The number of hydrogen-bond donors (Lipinski definition) is 1. The smallest absolute Gasteiger partial charge is 0.409 e. The molecule has 0 bridgehead atoms. The fraction of sp³-hybridized carbons (Fsp3) is 0.650. The van der Waals surface area contributed by atoms with Gasteiger partial charge >= 0.3 is 6.09 Å². The van der Waals surface area contributed by atoms with E-state index in [2.05, 4.69) is 24.1 Å². The van der Waals surface area contributed by atoms with Crippen LogP contribution in [0.25, 0.3) is 10.2 Å². The Morgan fingerprint density at radius 3 is 2.75 bits per heavy atom. The maximum Gasteiger partial charge on any atom is 0.409 e. The predicted molar refractivity (Wildman–Crippen MR) is 112 cm³/mol. The van der Waals surface area contributed by atoms with E-state index in [9.17, 15) is 4.79 Å². The first-order valence-electron chi connectivity index (χ1n) is 10.1. The number of amides is 1. The third kappa shape index (κ3) is 3.93. The van der Waals surface area contributed by atoms with Crippen molar-refractivity contribution < 1.29 is 9.53 Å². The van der Waals surface area contributed by atoms with Gasteiger partial charge in [0.2, 0.25) is 0 Å². The van der Waals surface area contributed by atoms with Crippen LogP contribution in [0, 0.1) is 13.8 Å². The number of rotatable bonds is 4. The molecule has 2 aromatic rings. The summed E-state index contributed by atoms with van der Waals surface area (Å²) >= 11 is 1.74. The molecule has 1 amide bonds. The van der Waals surface area contributed by atoms with Gasteiger partial charge in [0.25, 0.3) is 0 Å². The maximum atomic E-state index is 11.9. The fourth-order valence-corrected chi connectivity index (χ4v) is 5.24. The SMILES string of the molecule is COC(=O)N1CCCC(Nc2nc(CN3CCCC3)nc3sc(C)c(C)c23)C1. The molecular formula is C20H29N5O2S. The van der Waals surface area contributed by atoms with E-state index >= 15 is 0 Å². The summed E-state index contributed by atoms with van der Waals surface area (Å²) in [5.74, 6) is 1.80. The van der Waals surface area contributed by atoms with Gasteiger partial charge in [0.1, 0.15) is 16.5 Å². The number of hydrogen-bond acceptors (Lipinski definition) is 7. The minimum Gasteiger partial charge on any atom is -0.453 e. The van der Waals surface area contributed by atoms with Gasteiger partial charge in [-0.3, -0.25) is 4.90 Å². The number of methoxy groups -OCH3 is 1. The zero-order chi connectivity index (χ0) is 19.7. The van der Waals surface area contributed by atoms with Gasteiger partial charge in [-0.15, -0.1) is 11.3 Å². The topological polar surface area (TPSA) is 70.6 Å². The van der Waals surface area contributed by atoms with Crippen LogP contribution in [0.2, 0.25) is 0 Å². The van der Waals surface area contributed by atoms with Gasteiger partial charge in [0.05, 0.1) is 19.0 Å². The number of anilines is 1. The van der Waals surface area contributed by atoms with E-state index < -0.39 is 0 Å². The van der Waals surface area contributed by atoms with Crippen molar-refractivity contribution in [1.82, 2.24) is 19.8 Å². The minimum absolute atomic E-state index is 0.171. The minimum atomic E-state index is -0.253. The molecule has 0 aliphatic carbocycles. The molecule has 1 unspecified atom stereocenters. The Kier molecular flexibility index (Phi) is 5.68. The number of likely N-dealkylation sites (tertiary alicyclic amines) is 2. The molecule has 0 spiro atoms. The standard InChI is InChI=1S/C20H29N5O2S/c1-13-14(2)28-19-17(13)18(22-16(23-19)12-24-8-4-5-9-24)21-15-7-6-10-25(11-15)20(26)27-3/h15H,4-12H2,1-3H3,(H,21,22,23). The summed E-state index contributed by atoms with van der Waals surface area (Å²) in [6.45, 7) is 8.74. The molecule has 2 aliphatic heterocycles. The summed E-state index contributed by atoms with van der Waals surface area (Å²) in [5.41, 5.74) is 1.25. The Bertz CT molecular complexity index is 862. The molecule has 0 saturated carbocycles. The van der Waals surface area contributed by atoms with Crippen molar-refractivity contribution in [3.8, 4) is 0 Å². The zero-order valence-electron chi connectivity index (χ0n) is 17.0. The van der Waals surface area contributed by atoms with Gasteiger partial charge in [-0.05, 0) is 58.2 Å². The average molecular weight is 404 g/mol. The molecule has 7 nitrogen and oxygen atoms in total.